The molecule has 5 nitrogen and oxygen atoms in total. The van der Waals surface area contributed by atoms with E-state index in [9.17, 15) is 8.78 Å². The van der Waals surface area contributed by atoms with Crippen molar-refractivity contribution in [2.75, 3.05) is 0 Å². The van der Waals surface area contributed by atoms with Crippen LogP contribution in [0.2, 0.25) is 0 Å². The number of fused-ring (bicyclic) bond motifs is 1. The first-order valence-electron chi connectivity index (χ1n) is 13.0. The second kappa shape index (κ2) is 10.2. The molecule has 0 radical (unpaired) electrons. The van der Waals surface area contributed by atoms with Crippen molar-refractivity contribution in [3.05, 3.63) is 139 Å². The first kappa shape index (κ1) is 24.5. The lowest BCUT2D eigenvalue weighted by Crippen LogP contribution is -2.04. The lowest BCUT2D eigenvalue weighted by Gasteiger charge is -2.15. The smallest absolute Gasteiger partial charge is 0.166 e. The zero-order chi connectivity index (χ0) is 27.8. The van der Waals surface area contributed by atoms with Crippen LogP contribution in [0.1, 0.15) is 0 Å². The SMILES string of the molecule is Fc1cc(F)cc(-c2nc3ccccc3n2-c2ccccc2-c2nc(-c3ccccc3)nc(-c3ccccc3)n2)c1. The Morgan fingerprint density at radius 3 is 1.66 bits per heavy atom. The largest absolute Gasteiger partial charge is 0.292 e. The van der Waals surface area contributed by atoms with Gasteiger partial charge in [-0.3, -0.25) is 4.57 Å². The fraction of sp³-hybridized carbons (Fsp3) is 0. The molecular weight excluding hydrogens is 516 g/mol. The molecule has 0 bridgehead atoms. The summed E-state index contributed by atoms with van der Waals surface area (Å²) in [4.78, 5) is 19.4. The average Bonchev–Trinajstić information content (AvgIpc) is 3.41. The molecule has 7 aromatic rings. The topological polar surface area (TPSA) is 56.5 Å². The third-order valence-corrected chi connectivity index (χ3v) is 6.77. The zero-order valence-corrected chi connectivity index (χ0v) is 21.6. The maximum Gasteiger partial charge on any atom is 0.166 e. The predicted octanol–water partition coefficient (Wildman–Crippen LogP) is 8.16. The molecule has 2 aromatic heterocycles. The summed E-state index contributed by atoms with van der Waals surface area (Å²) < 4.78 is 30.6. The third kappa shape index (κ3) is 4.63. The Morgan fingerprint density at radius 1 is 0.463 bits per heavy atom. The van der Waals surface area contributed by atoms with Crippen LogP contribution >= 0.6 is 0 Å². The summed E-state index contributed by atoms with van der Waals surface area (Å²) in [7, 11) is 0. The Hall–Kier alpha value is -5.56. The van der Waals surface area contributed by atoms with Crippen LogP contribution in [0.4, 0.5) is 8.78 Å². The summed E-state index contributed by atoms with van der Waals surface area (Å²) in [6.45, 7) is 0. The number of para-hydroxylation sites is 3. The van der Waals surface area contributed by atoms with E-state index in [1.165, 1.54) is 12.1 Å². The minimum atomic E-state index is -0.677. The molecule has 7 rings (SSSR count). The highest BCUT2D eigenvalue weighted by Crippen LogP contribution is 2.34. The minimum absolute atomic E-state index is 0.319. The van der Waals surface area contributed by atoms with Crippen LogP contribution in [0.3, 0.4) is 0 Å². The van der Waals surface area contributed by atoms with Gasteiger partial charge in [0.2, 0.25) is 0 Å². The quantitative estimate of drug-likeness (QED) is 0.222. The number of aromatic nitrogens is 5. The monoisotopic (exact) mass is 537 g/mol. The van der Waals surface area contributed by atoms with E-state index in [4.69, 9.17) is 19.9 Å². The van der Waals surface area contributed by atoms with Crippen molar-refractivity contribution in [1.29, 1.82) is 0 Å². The van der Waals surface area contributed by atoms with Crippen molar-refractivity contribution in [3.8, 4) is 51.2 Å². The van der Waals surface area contributed by atoms with Gasteiger partial charge in [-0.05, 0) is 36.4 Å². The summed E-state index contributed by atoms with van der Waals surface area (Å²) >= 11 is 0. The van der Waals surface area contributed by atoms with E-state index in [1.54, 1.807) is 0 Å². The van der Waals surface area contributed by atoms with Gasteiger partial charge in [-0.15, -0.1) is 0 Å². The van der Waals surface area contributed by atoms with E-state index in [0.717, 1.165) is 22.7 Å². The molecule has 0 unspecified atom stereocenters. The van der Waals surface area contributed by atoms with E-state index < -0.39 is 11.6 Å². The lowest BCUT2D eigenvalue weighted by atomic mass is 10.1. The van der Waals surface area contributed by atoms with Gasteiger partial charge in [-0.1, -0.05) is 84.9 Å². The highest BCUT2D eigenvalue weighted by Gasteiger charge is 2.21. The number of imidazole rings is 1. The molecule has 0 aliphatic rings. The summed E-state index contributed by atoms with van der Waals surface area (Å²) in [6.07, 6.45) is 0. The molecule has 0 fully saturated rings. The summed E-state index contributed by atoms with van der Waals surface area (Å²) in [5, 5.41) is 0. The van der Waals surface area contributed by atoms with Crippen LogP contribution in [-0.2, 0) is 0 Å². The normalized spacial score (nSPS) is 11.2. The second-order valence-corrected chi connectivity index (χ2v) is 9.47. The maximum atomic E-state index is 14.4. The first-order chi connectivity index (χ1) is 20.1. The van der Waals surface area contributed by atoms with Gasteiger partial charge in [0.05, 0.1) is 16.7 Å². The summed E-state index contributed by atoms with van der Waals surface area (Å²) in [6, 6.07) is 38.2. The van der Waals surface area contributed by atoms with E-state index >= 15 is 0 Å². The van der Waals surface area contributed by atoms with Crippen LogP contribution in [0.5, 0.6) is 0 Å². The molecule has 5 aromatic carbocycles. The Labute approximate surface area is 234 Å². The van der Waals surface area contributed by atoms with Gasteiger partial charge in [0.25, 0.3) is 0 Å². The molecule has 41 heavy (non-hydrogen) atoms. The molecule has 0 saturated carbocycles. The Balaban J connectivity index is 1.50. The van der Waals surface area contributed by atoms with Crippen molar-refractivity contribution in [2.45, 2.75) is 0 Å². The molecule has 0 atom stereocenters. The molecular formula is C34H21F2N5. The van der Waals surface area contributed by atoms with E-state index in [1.807, 2.05) is 114 Å². The lowest BCUT2D eigenvalue weighted by molar-refractivity contribution is 0.584. The predicted molar refractivity (Wildman–Crippen MR) is 156 cm³/mol. The van der Waals surface area contributed by atoms with E-state index in [0.29, 0.717) is 45.6 Å². The highest BCUT2D eigenvalue weighted by molar-refractivity contribution is 5.86. The molecule has 0 saturated heterocycles. The van der Waals surface area contributed by atoms with E-state index in [-0.39, 0.29) is 0 Å². The Bertz CT molecular complexity index is 1940. The van der Waals surface area contributed by atoms with Crippen LogP contribution in [0, 0.1) is 11.6 Å². The highest BCUT2D eigenvalue weighted by atomic mass is 19.1. The van der Waals surface area contributed by atoms with Gasteiger partial charge in [0, 0.05) is 28.3 Å². The van der Waals surface area contributed by atoms with Crippen molar-refractivity contribution >= 4 is 11.0 Å². The Morgan fingerprint density at radius 2 is 1.00 bits per heavy atom. The molecule has 0 aliphatic carbocycles. The average molecular weight is 538 g/mol. The van der Waals surface area contributed by atoms with Gasteiger partial charge in [-0.25, -0.2) is 28.7 Å². The van der Waals surface area contributed by atoms with Gasteiger partial charge < -0.3 is 0 Å². The summed E-state index contributed by atoms with van der Waals surface area (Å²) in [5.41, 5.74) is 4.92. The number of rotatable bonds is 5. The fourth-order valence-corrected chi connectivity index (χ4v) is 4.93. The number of halogens is 2. The third-order valence-electron chi connectivity index (χ3n) is 6.77. The number of hydrogen-bond acceptors (Lipinski definition) is 4. The van der Waals surface area contributed by atoms with E-state index in [2.05, 4.69) is 0 Å². The van der Waals surface area contributed by atoms with Crippen LogP contribution in [0.15, 0.2) is 127 Å². The first-order valence-corrected chi connectivity index (χ1v) is 13.0. The van der Waals surface area contributed by atoms with Gasteiger partial charge in [0.1, 0.15) is 17.5 Å². The van der Waals surface area contributed by atoms with Crippen LogP contribution < -0.4 is 0 Å². The molecule has 0 aliphatic heterocycles. The van der Waals surface area contributed by atoms with Crippen LogP contribution in [0.25, 0.3) is 62.3 Å². The number of hydrogen-bond donors (Lipinski definition) is 0. The molecule has 7 heteroatoms. The van der Waals surface area contributed by atoms with Crippen molar-refractivity contribution in [3.63, 3.8) is 0 Å². The van der Waals surface area contributed by atoms with Gasteiger partial charge in [-0.2, -0.15) is 0 Å². The fourth-order valence-electron chi connectivity index (χ4n) is 4.93. The minimum Gasteiger partial charge on any atom is -0.292 e. The van der Waals surface area contributed by atoms with Crippen LogP contribution in [-0.4, -0.2) is 24.5 Å². The summed E-state index contributed by atoms with van der Waals surface area (Å²) in [5.74, 6) is 0.577. The zero-order valence-electron chi connectivity index (χ0n) is 21.6. The Kier molecular flexibility index (Phi) is 6.09. The van der Waals surface area contributed by atoms with Crippen molar-refractivity contribution in [2.24, 2.45) is 0 Å². The van der Waals surface area contributed by atoms with Gasteiger partial charge >= 0.3 is 0 Å². The second-order valence-electron chi connectivity index (χ2n) is 9.47. The molecule has 0 spiro atoms. The molecule has 0 amide bonds. The van der Waals surface area contributed by atoms with Crippen molar-refractivity contribution in [1.82, 2.24) is 24.5 Å². The number of benzene rings is 5. The molecule has 2 heterocycles. The number of nitrogens with zero attached hydrogens (tertiary/aromatic N) is 5. The molecule has 196 valence electrons. The standard InChI is InChI=1S/C34H21F2N5/c35-25-19-24(20-26(36)21-25)34-37-28-16-8-10-18-30(28)41(34)29-17-9-7-15-27(29)33-39-31(22-11-3-1-4-12-22)38-32(40-33)23-13-5-2-6-14-23/h1-21H. The maximum absolute atomic E-state index is 14.4. The van der Waals surface area contributed by atoms with Crippen molar-refractivity contribution < 1.29 is 8.78 Å². The molecule has 0 N–H and O–H groups in total. The van der Waals surface area contributed by atoms with Gasteiger partial charge in [0.15, 0.2) is 17.5 Å².